The van der Waals surface area contributed by atoms with Crippen molar-refractivity contribution in [2.75, 3.05) is 32.8 Å². The van der Waals surface area contributed by atoms with Gasteiger partial charge >= 0.3 is 0 Å². The fourth-order valence-corrected chi connectivity index (χ4v) is 3.82. The predicted molar refractivity (Wildman–Crippen MR) is 118 cm³/mol. The smallest absolute Gasteiger partial charge is 0.260 e. The number of carbonyl (C=O) groups excluding carboxylic acids is 1. The van der Waals surface area contributed by atoms with Gasteiger partial charge in [-0.1, -0.05) is 24.3 Å². The summed E-state index contributed by atoms with van der Waals surface area (Å²) in [7, 11) is 0. The van der Waals surface area contributed by atoms with Gasteiger partial charge in [0.25, 0.3) is 5.91 Å². The molecule has 1 aromatic heterocycles. The number of hydrogen-bond acceptors (Lipinski definition) is 4. The van der Waals surface area contributed by atoms with E-state index in [0.717, 1.165) is 47.6 Å². The van der Waals surface area contributed by atoms with Crippen molar-refractivity contribution in [3.05, 3.63) is 69.9 Å². The zero-order valence-electron chi connectivity index (χ0n) is 15.6. The molecule has 0 N–H and O–H groups in total. The molecule has 0 bridgehead atoms. The van der Waals surface area contributed by atoms with Gasteiger partial charge < -0.3 is 9.64 Å². The Kier molecular flexibility index (Phi) is 6.07. The van der Waals surface area contributed by atoms with Crippen LogP contribution in [0.15, 0.2) is 60.8 Å². The van der Waals surface area contributed by atoms with E-state index in [1.165, 1.54) is 10.9 Å². The fourth-order valence-electron chi connectivity index (χ4n) is 3.46. The summed E-state index contributed by atoms with van der Waals surface area (Å²) < 4.78 is 6.78. The number of carbonyl (C=O) groups is 1. The summed E-state index contributed by atoms with van der Waals surface area (Å²) >= 11 is 2.25. The molecule has 28 heavy (non-hydrogen) atoms. The van der Waals surface area contributed by atoms with Crippen molar-refractivity contribution >= 4 is 39.4 Å². The molecule has 0 unspecified atom stereocenters. The predicted octanol–water partition coefficient (Wildman–Crippen LogP) is 3.56. The van der Waals surface area contributed by atoms with Crippen molar-refractivity contribution in [3.8, 4) is 5.75 Å². The maximum absolute atomic E-state index is 12.4. The van der Waals surface area contributed by atoms with E-state index < -0.39 is 0 Å². The summed E-state index contributed by atoms with van der Waals surface area (Å²) in [5.74, 6) is 0.779. The topological polar surface area (TPSA) is 45.7 Å². The van der Waals surface area contributed by atoms with Gasteiger partial charge in [0.05, 0.1) is 5.52 Å². The first kappa shape index (κ1) is 19.1. The number of rotatable bonds is 5. The SMILES string of the molecule is O=C(COc1ccc(I)cc1)N1CCN(Cc2cccc3cccnc23)CC1. The molecule has 144 valence electrons. The third kappa shape index (κ3) is 4.62. The number of halogens is 1. The van der Waals surface area contributed by atoms with Crippen molar-refractivity contribution in [3.63, 3.8) is 0 Å². The number of fused-ring (bicyclic) bond motifs is 1. The Morgan fingerprint density at radius 2 is 1.75 bits per heavy atom. The molecule has 1 aliphatic heterocycles. The molecule has 0 saturated carbocycles. The monoisotopic (exact) mass is 487 g/mol. The first-order valence-corrected chi connectivity index (χ1v) is 10.5. The Morgan fingerprint density at radius 1 is 1.00 bits per heavy atom. The molecule has 1 aliphatic rings. The Morgan fingerprint density at radius 3 is 2.54 bits per heavy atom. The number of nitrogens with zero attached hydrogens (tertiary/aromatic N) is 3. The Labute approximate surface area is 178 Å². The Balaban J connectivity index is 1.29. The second-order valence-corrected chi connectivity index (χ2v) is 8.14. The molecule has 4 rings (SSSR count). The minimum absolute atomic E-state index is 0.0463. The van der Waals surface area contributed by atoms with Crippen LogP contribution in [-0.4, -0.2) is 53.5 Å². The second kappa shape index (κ2) is 8.87. The van der Waals surface area contributed by atoms with Crippen molar-refractivity contribution < 1.29 is 9.53 Å². The van der Waals surface area contributed by atoms with Gasteiger partial charge in [-0.3, -0.25) is 14.7 Å². The quantitative estimate of drug-likeness (QED) is 0.517. The molecule has 2 aromatic carbocycles. The molecule has 0 atom stereocenters. The highest BCUT2D eigenvalue weighted by Crippen LogP contribution is 2.19. The van der Waals surface area contributed by atoms with Gasteiger partial charge in [-0.2, -0.15) is 0 Å². The van der Waals surface area contributed by atoms with Crippen molar-refractivity contribution in [2.45, 2.75) is 6.54 Å². The average molecular weight is 487 g/mol. The van der Waals surface area contributed by atoms with Crippen molar-refractivity contribution in [1.29, 1.82) is 0 Å². The highest BCUT2D eigenvalue weighted by molar-refractivity contribution is 14.1. The highest BCUT2D eigenvalue weighted by Gasteiger charge is 2.22. The van der Waals surface area contributed by atoms with Crippen LogP contribution < -0.4 is 4.74 Å². The number of piperazine rings is 1. The molecular formula is C22H22IN3O2. The van der Waals surface area contributed by atoms with Crippen LogP contribution in [0.3, 0.4) is 0 Å². The molecule has 1 amide bonds. The Bertz CT molecular complexity index is 948. The van der Waals surface area contributed by atoms with E-state index in [4.69, 9.17) is 4.74 Å². The summed E-state index contributed by atoms with van der Waals surface area (Å²) in [6, 6.07) is 18.1. The molecule has 5 nitrogen and oxygen atoms in total. The number of hydrogen-bond donors (Lipinski definition) is 0. The fraction of sp³-hybridized carbons (Fsp3) is 0.273. The van der Waals surface area contributed by atoms with E-state index in [1.54, 1.807) is 0 Å². The van der Waals surface area contributed by atoms with Crippen molar-refractivity contribution in [1.82, 2.24) is 14.8 Å². The normalized spacial score (nSPS) is 15.0. The zero-order chi connectivity index (χ0) is 19.3. The van der Waals surface area contributed by atoms with E-state index in [1.807, 2.05) is 41.4 Å². The van der Waals surface area contributed by atoms with Gasteiger partial charge in [0.15, 0.2) is 6.61 Å². The van der Waals surface area contributed by atoms with Gasteiger partial charge in [0, 0.05) is 47.9 Å². The summed E-state index contributed by atoms with van der Waals surface area (Å²) in [5, 5.41) is 1.17. The maximum Gasteiger partial charge on any atom is 0.260 e. The van der Waals surface area contributed by atoms with Crippen molar-refractivity contribution in [2.24, 2.45) is 0 Å². The van der Waals surface area contributed by atoms with Crippen LogP contribution in [0.2, 0.25) is 0 Å². The lowest BCUT2D eigenvalue weighted by molar-refractivity contribution is -0.135. The van der Waals surface area contributed by atoms with Crippen LogP contribution in [-0.2, 0) is 11.3 Å². The van der Waals surface area contributed by atoms with Gasteiger partial charge in [-0.05, 0) is 58.5 Å². The number of ether oxygens (including phenoxy) is 1. The molecule has 1 saturated heterocycles. The zero-order valence-corrected chi connectivity index (χ0v) is 17.7. The number of amides is 1. The van der Waals surface area contributed by atoms with E-state index in [9.17, 15) is 4.79 Å². The average Bonchev–Trinajstić information content (AvgIpc) is 2.74. The third-order valence-electron chi connectivity index (χ3n) is 5.01. The summed E-state index contributed by atoms with van der Waals surface area (Å²) in [5.41, 5.74) is 2.30. The van der Waals surface area contributed by atoms with Crippen LogP contribution in [0, 0.1) is 3.57 Å². The Hall–Kier alpha value is -2.19. The van der Waals surface area contributed by atoms with Gasteiger partial charge in [-0.25, -0.2) is 0 Å². The van der Waals surface area contributed by atoms with Crippen LogP contribution in [0.5, 0.6) is 5.75 Å². The first-order chi connectivity index (χ1) is 13.7. The second-order valence-electron chi connectivity index (χ2n) is 6.89. The molecule has 6 heteroatoms. The molecule has 1 fully saturated rings. The summed E-state index contributed by atoms with van der Waals surface area (Å²) in [4.78, 5) is 21.3. The van der Waals surface area contributed by atoms with E-state index >= 15 is 0 Å². The highest BCUT2D eigenvalue weighted by atomic mass is 127. The summed E-state index contributed by atoms with van der Waals surface area (Å²) in [6.45, 7) is 4.13. The lowest BCUT2D eigenvalue weighted by atomic mass is 10.1. The molecular weight excluding hydrogens is 465 g/mol. The van der Waals surface area contributed by atoms with Crippen LogP contribution in [0.4, 0.5) is 0 Å². The standard InChI is InChI=1S/C22H22IN3O2/c23-19-6-8-20(9-7-19)28-16-21(27)26-13-11-25(12-14-26)15-18-4-1-3-17-5-2-10-24-22(17)18/h1-10H,11-16H2. The van der Waals surface area contributed by atoms with Crippen LogP contribution in [0.25, 0.3) is 10.9 Å². The third-order valence-corrected chi connectivity index (χ3v) is 5.73. The molecule has 2 heterocycles. The van der Waals surface area contributed by atoms with E-state index in [2.05, 4.69) is 56.7 Å². The largest absolute Gasteiger partial charge is 0.484 e. The molecule has 3 aromatic rings. The summed E-state index contributed by atoms with van der Waals surface area (Å²) in [6.07, 6.45) is 1.84. The number of benzene rings is 2. The number of para-hydroxylation sites is 1. The molecule has 0 aliphatic carbocycles. The van der Waals surface area contributed by atoms with Gasteiger partial charge in [0.2, 0.25) is 0 Å². The van der Waals surface area contributed by atoms with Gasteiger partial charge in [0.1, 0.15) is 5.75 Å². The minimum Gasteiger partial charge on any atom is -0.484 e. The molecule has 0 radical (unpaired) electrons. The van der Waals surface area contributed by atoms with Crippen LogP contribution in [0.1, 0.15) is 5.56 Å². The van der Waals surface area contributed by atoms with E-state index in [-0.39, 0.29) is 12.5 Å². The first-order valence-electron chi connectivity index (χ1n) is 9.40. The van der Waals surface area contributed by atoms with Gasteiger partial charge in [-0.15, -0.1) is 0 Å². The number of pyridine rings is 1. The van der Waals surface area contributed by atoms with Crippen LogP contribution >= 0.6 is 22.6 Å². The minimum atomic E-state index is 0.0463. The van der Waals surface area contributed by atoms with E-state index in [0.29, 0.717) is 0 Å². The lowest BCUT2D eigenvalue weighted by Gasteiger charge is -2.34. The molecule has 0 spiro atoms. The lowest BCUT2D eigenvalue weighted by Crippen LogP contribution is -2.49. The number of aromatic nitrogens is 1. The maximum atomic E-state index is 12.4.